The van der Waals surface area contributed by atoms with Crippen LogP contribution in [0.2, 0.25) is 0 Å². The van der Waals surface area contributed by atoms with Crippen molar-refractivity contribution in [2.45, 2.75) is 18.6 Å². The number of sulfonamides is 1. The second kappa shape index (κ2) is 6.90. The van der Waals surface area contributed by atoms with E-state index >= 15 is 0 Å². The maximum atomic E-state index is 13.7. The smallest absolute Gasteiger partial charge is 0.249 e. The van der Waals surface area contributed by atoms with Crippen LogP contribution >= 0.6 is 0 Å². The van der Waals surface area contributed by atoms with Crippen molar-refractivity contribution in [1.82, 2.24) is 0 Å². The van der Waals surface area contributed by atoms with Gasteiger partial charge in [-0.15, -0.1) is 0 Å². The summed E-state index contributed by atoms with van der Waals surface area (Å²) in [6.45, 7) is 1.69. The third kappa shape index (κ3) is 3.95. The molecule has 5 nitrogen and oxygen atoms in total. The molecule has 0 aliphatic rings. The Labute approximate surface area is 117 Å². The predicted molar refractivity (Wildman–Crippen MR) is 74.6 cm³/mol. The molecular formula is C13H14FN3O2S. The molecule has 0 fully saturated rings. The molecule has 0 bridgehead atoms. The van der Waals surface area contributed by atoms with Gasteiger partial charge in [0.15, 0.2) is 5.25 Å². The van der Waals surface area contributed by atoms with Crippen LogP contribution in [0.25, 0.3) is 0 Å². The molecule has 0 aliphatic carbocycles. The minimum atomic E-state index is -3.86. The zero-order valence-corrected chi connectivity index (χ0v) is 11.7. The van der Waals surface area contributed by atoms with E-state index in [1.165, 1.54) is 12.1 Å². The van der Waals surface area contributed by atoms with Crippen LogP contribution in [0.5, 0.6) is 0 Å². The van der Waals surface area contributed by atoms with Gasteiger partial charge in [-0.1, -0.05) is 18.8 Å². The molecule has 1 unspecified atom stereocenters. The summed E-state index contributed by atoms with van der Waals surface area (Å²) in [4.78, 5) is 0. The van der Waals surface area contributed by atoms with Crippen molar-refractivity contribution in [2.75, 3.05) is 11.3 Å². The molecule has 1 atom stereocenters. The fourth-order valence-corrected chi connectivity index (χ4v) is 2.62. The summed E-state index contributed by atoms with van der Waals surface area (Å²) in [5.74, 6) is 4.38. The number of hydrogen-bond donors (Lipinski definition) is 2. The average Bonchev–Trinajstić information content (AvgIpc) is 2.38. The first-order chi connectivity index (χ1) is 9.44. The first-order valence-corrected chi connectivity index (χ1v) is 7.39. The fourth-order valence-electron chi connectivity index (χ4n) is 1.44. The van der Waals surface area contributed by atoms with Crippen molar-refractivity contribution in [3.63, 3.8) is 0 Å². The van der Waals surface area contributed by atoms with Crippen LogP contribution in [0.4, 0.5) is 10.1 Å². The number of benzene rings is 1. The largest absolute Gasteiger partial charge is 0.320 e. The van der Waals surface area contributed by atoms with Crippen molar-refractivity contribution in [3.8, 4) is 17.9 Å². The van der Waals surface area contributed by atoms with E-state index in [4.69, 9.17) is 11.0 Å². The van der Waals surface area contributed by atoms with Gasteiger partial charge in [0.1, 0.15) is 5.82 Å². The number of anilines is 1. The van der Waals surface area contributed by atoms with Crippen LogP contribution in [-0.4, -0.2) is 20.2 Å². The van der Waals surface area contributed by atoms with Crippen molar-refractivity contribution in [2.24, 2.45) is 5.73 Å². The molecule has 1 rings (SSSR count). The highest BCUT2D eigenvalue weighted by Gasteiger charge is 2.23. The Morgan fingerprint density at radius 2 is 2.20 bits per heavy atom. The number of nitriles is 1. The highest BCUT2D eigenvalue weighted by Crippen LogP contribution is 2.17. The molecule has 0 amide bonds. The van der Waals surface area contributed by atoms with Gasteiger partial charge >= 0.3 is 0 Å². The van der Waals surface area contributed by atoms with Crippen LogP contribution in [0, 0.1) is 29.0 Å². The molecule has 1 aromatic carbocycles. The normalized spacial score (nSPS) is 11.9. The lowest BCUT2D eigenvalue weighted by Gasteiger charge is -2.11. The third-order valence-corrected chi connectivity index (χ3v) is 4.15. The zero-order chi connectivity index (χ0) is 15.2. The second-order valence-electron chi connectivity index (χ2n) is 3.87. The van der Waals surface area contributed by atoms with Gasteiger partial charge < -0.3 is 5.73 Å². The number of nitrogens with zero attached hydrogens (tertiary/aromatic N) is 1. The van der Waals surface area contributed by atoms with Gasteiger partial charge in [-0.05, 0) is 24.6 Å². The summed E-state index contributed by atoms with van der Waals surface area (Å²) in [6.07, 6.45) is 0.147. The fraction of sp³-hybridized carbons (Fsp3) is 0.308. The predicted octanol–water partition coefficient (Wildman–Crippen LogP) is 1.18. The van der Waals surface area contributed by atoms with Crippen molar-refractivity contribution in [3.05, 3.63) is 29.6 Å². The minimum absolute atomic E-state index is 0.0505. The molecule has 3 N–H and O–H groups in total. The lowest BCUT2D eigenvalue weighted by molar-refractivity contribution is 0.592. The van der Waals surface area contributed by atoms with Gasteiger partial charge in [0.05, 0.1) is 23.9 Å². The summed E-state index contributed by atoms with van der Waals surface area (Å²) < 4.78 is 39.5. The molecule has 0 aromatic heterocycles. The highest BCUT2D eigenvalue weighted by molar-refractivity contribution is 7.93. The van der Waals surface area contributed by atoms with Crippen LogP contribution < -0.4 is 10.5 Å². The molecule has 106 valence electrons. The van der Waals surface area contributed by atoms with Gasteiger partial charge in [0, 0.05) is 0 Å². The van der Waals surface area contributed by atoms with E-state index < -0.39 is 21.1 Å². The zero-order valence-electron chi connectivity index (χ0n) is 10.9. The van der Waals surface area contributed by atoms with Gasteiger partial charge in [0.2, 0.25) is 10.0 Å². The van der Waals surface area contributed by atoms with E-state index in [1.807, 2.05) is 0 Å². The lowest BCUT2D eigenvalue weighted by Crippen LogP contribution is -2.26. The van der Waals surface area contributed by atoms with Crippen LogP contribution in [0.1, 0.15) is 18.9 Å². The summed E-state index contributed by atoms with van der Waals surface area (Å²) in [5, 5.41) is 7.58. The number of hydrogen-bond acceptors (Lipinski definition) is 4. The van der Waals surface area contributed by atoms with E-state index in [0.717, 1.165) is 6.07 Å². The van der Waals surface area contributed by atoms with Crippen molar-refractivity contribution >= 4 is 15.7 Å². The SMILES string of the molecule is CCC(C#N)S(=O)(=O)Nc1ccc(C#CCN)c(F)c1. The minimum Gasteiger partial charge on any atom is -0.320 e. The van der Waals surface area contributed by atoms with Gasteiger partial charge in [0.25, 0.3) is 0 Å². The third-order valence-electron chi connectivity index (χ3n) is 2.44. The lowest BCUT2D eigenvalue weighted by atomic mass is 10.2. The van der Waals surface area contributed by atoms with E-state index in [2.05, 4.69) is 16.6 Å². The monoisotopic (exact) mass is 295 g/mol. The molecule has 20 heavy (non-hydrogen) atoms. The van der Waals surface area contributed by atoms with Crippen molar-refractivity contribution < 1.29 is 12.8 Å². The Morgan fingerprint density at radius 3 is 2.70 bits per heavy atom. The Bertz CT molecular complexity index is 684. The van der Waals surface area contributed by atoms with E-state index in [9.17, 15) is 12.8 Å². The quantitative estimate of drug-likeness (QED) is 0.815. The molecule has 0 radical (unpaired) electrons. The van der Waals surface area contributed by atoms with Gasteiger partial charge in [-0.2, -0.15) is 5.26 Å². The van der Waals surface area contributed by atoms with Crippen LogP contribution in [-0.2, 0) is 10.0 Å². The first-order valence-electron chi connectivity index (χ1n) is 5.84. The topological polar surface area (TPSA) is 96.0 Å². The Kier molecular flexibility index (Phi) is 5.51. The Hall–Kier alpha value is -2.09. The Balaban J connectivity index is 3.01. The standard InChI is InChI=1S/C13H14FN3O2S/c1-2-12(9-16)20(18,19)17-11-6-5-10(4-3-7-15)13(14)8-11/h5-6,8,12,17H,2,7,15H2,1H3. The van der Waals surface area contributed by atoms with E-state index in [-0.39, 0.29) is 24.2 Å². The maximum absolute atomic E-state index is 13.7. The molecule has 7 heteroatoms. The average molecular weight is 295 g/mol. The molecular weight excluding hydrogens is 281 g/mol. The molecule has 0 aliphatic heterocycles. The number of nitrogens with two attached hydrogens (primary N) is 1. The molecule has 0 saturated carbocycles. The van der Waals surface area contributed by atoms with Crippen molar-refractivity contribution in [1.29, 1.82) is 5.26 Å². The number of rotatable bonds is 4. The number of halogens is 1. The maximum Gasteiger partial charge on any atom is 0.249 e. The molecule has 1 aromatic rings. The summed E-state index contributed by atoms with van der Waals surface area (Å²) in [7, 11) is -3.86. The Morgan fingerprint density at radius 1 is 1.50 bits per heavy atom. The van der Waals surface area contributed by atoms with E-state index in [1.54, 1.807) is 13.0 Å². The van der Waals surface area contributed by atoms with E-state index in [0.29, 0.717) is 0 Å². The van der Waals surface area contributed by atoms with Gasteiger partial charge in [-0.3, -0.25) is 4.72 Å². The molecule has 0 heterocycles. The summed E-state index contributed by atoms with van der Waals surface area (Å²) >= 11 is 0. The van der Waals surface area contributed by atoms with Crippen LogP contribution in [0.15, 0.2) is 18.2 Å². The van der Waals surface area contributed by atoms with Crippen LogP contribution in [0.3, 0.4) is 0 Å². The summed E-state index contributed by atoms with van der Waals surface area (Å²) in [5.41, 5.74) is 5.37. The molecule has 0 saturated heterocycles. The second-order valence-corrected chi connectivity index (χ2v) is 5.74. The highest BCUT2D eigenvalue weighted by atomic mass is 32.2. The summed E-state index contributed by atoms with van der Waals surface area (Å²) in [6, 6.07) is 5.43. The number of nitrogens with one attached hydrogen (secondary N) is 1. The van der Waals surface area contributed by atoms with Gasteiger partial charge in [-0.25, -0.2) is 12.8 Å². The first kappa shape index (κ1) is 16.0. The molecule has 0 spiro atoms.